The van der Waals surface area contributed by atoms with Crippen molar-refractivity contribution >= 4 is 0 Å². The molecule has 1 aliphatic carbocycles. The van der Waals surface area contributed by atoms with Crippen molar-refractivity contribution in [2.75, 3.05) is 0 Å². The third-order valence-corrected chi connectivity index (χ3v) is 4.22. The highest BCUT2D eigenvalue weighted by atomic mass is 19.4. The first-order valence-corrected chi connectivity index (χ1v) is 8.71. The van der Waals surface area contributed by atoms with Gasteiger partial charge in [-0.1, -0.05) is 38.1 Å². The SMILES string of the molecule is CC.N#CCC1CCC(NCc2cccc(CC(F)(F)F)c2)CC1. The number of halogens is 3. The second-order valence-corrected chi connectivity index (χ2v) is 6.07. The van der Waals surface area contributed by atoms with Gasteiger partial charge in [0.2, 0.25) is 0 Å². The lowest BCUT2D eigenvalue weighted by molar-refractivity contribution is -0.127. The summed E-state index contributed by atoms with van der Waals surface area (Å²) in [5.41, 5.74) is 1.20. The predicted molar refractivity (Wildman–Crippen MR) is 90.4 cm³/mol. The molecule has 1 saturated carbocycles. The van der Waals surface area contributed by atoms with Crippen LogP contribution < -0.4 is 5.32 Å². The van der Waals surface area contributed by atoms with E-state index in [2.05, 4.69) is 11.4 Å². The van der Waals surface area contributed by atoms with E-state index in [0.717, 1.165) is 31.2 Å². The van der Waals surface area contributed by atoms with Crippen molar-refractivity contribution < 1.29 is 13.2 Å². The highest BCUT2D eigenvalue weighted by Crippen LogP contribution is 2.27. The van der Waals surface area contributed by atoms with Gasteiger partial charge in [-0.25, -0.2) is 0 Å². The van der Waals surface area contributed by atoms with Gasteiger partial charge in [-0.15, -0.1) is 0 Å². The van der Waals surface area contributed by atoms with Crippen molar-refractivity contribution in [3.63, 3.8) is 0 Å². The highest BCUT2D eigenvalue weighted by molar-refractivity contribution is 5.24. The zero-order valence-corrected chi connectivity index (χ0v) is 14.5. The Morgan fingerprint density at radius 2 is 1.75 bits per heavy atom. The van der Waals surface area contributed by atoms with Crippen molar-refractivity contribution in [1.29, 1.82) is 5.26 Å². The second kappa shape index (κ2) is 10.4. The topological polar surface area (TPSA) is 35.8 Å². The summed E-state index contributed by atoms with van der Waals surface area (Å²) in [5, 5.41) is 12.1. The Morgan fingerprint density at radius 3 is 2.33 bits per heavy atom. The molecule has 0 atom stereocenters. The smallest absolute Gasteiger partial charge is 0.310 e. The summed E-state index contributed by atoms with van der Waals surface area (Å²) in [6, 6.07) is 9.31. The van der Waals surface area contributed by atoms with Crippen LogP contribution in [0.15, 0.2) is 24.3 Å². The molecule has 0 saturated heterocycles. The summed E-state index contributed by atoms with van der Waals surface area (Å²) in [6.45, 7) is 4.60. The van der Waals surface area contributed by atoms with Gasteiger partial charge >= 0.3 is 6.18 Å². The van der Waals surface area contributed by atoms with E-state index in [9.17, 15) is 13.2 Å². The van der Waals surface area contributed by atoms with E-state index in [0.29, 0.717) is 30.5 Å². The highest BCUT2D eigenvalue weighted by Gasteiger charge is 2.27. The third kappa shape index (κ3) is 7.83. The van der Waals surface area contributed by atoms with Gasteiger partial charge in [0.1, 0.15) is 0 Å². The summed E-state index contributed by atoms with van der Waals surface area (Å²) in [6.07, 6.45) is -0.223. The number of nitriles is 1. The minimum absolute atomic E-state index is 0.310. The molecule has 0 heterocycles. The summed E-state index contributed by atoms with van der Waals surface area (Å²) < 4.78 is 37.2. The maximum absolute atomic E-state index is 12.4. The predicted octanol–water partition coefficient (Wildman–Crippen LogP) is 5.38. The van der Waals surface area contributed by atoms with Crippen LogP contribution in [0, 0.1) is 17.2 Å². The fourth-order valence-electron chi connectivity index (χ4n) is 3.04. The maximum Gasteiger partial charge on any atom is 0.393 e. The van der Waals surface area contributed by atoms with Crippen LogP contribution in [0.25, 0.3) is 0 Å². The van der Waals surface area contributed by atoms with E-state index >= 15 is 0 Å². The van der Waals surface area contributed by atoms with Crippen molar-refractivity contribution in [2.24, 2.45) is 5.92 Å². The Hall–Kier alpha value is -1.54. The minimum atomic E-state index is -4.16. The van der Waals surface area contributed by atoms with Gasteiger partial charge < -0.3 is 5.32 Å². The first kappa shape index (κ1) is 20.5. The molecule has 0 amide bonds. The molecule has 0 aliphatic heterocycles. The standard InChI is InChI=1S/C17H21F3N2.C2H6/c18-17(19,20)11-14-2-1-3-15(10-14)12-22-16-6-4-13(5-7-16)8-9-21;1-2/h1-3,10,13,16,22H,4-8,11-12H2;1-2H3. The molecule has 2 rings (SSSR count). The third-order valence-electron chi connectivity index (χ3n) is 4.22. The van der Waals surface area contributed by atoms with Crippen LogP contribution in [-0.2, 0) is 13.0 Å². The van der Waals surface area contributed by atoms with Crippen LogP contribution in [0.2, 0.25) is 0 Å². The quantitative estimate of drug-likeness (QED) is 0.781. The van der Waals surface area contributed by atoms with Crippen molar-refractivity contribution in [3.05, 3.63) is 35.4 Å². The Bertz CT molecular complexity index is 512. The molecule has 2 nitrogen and oxygen atoms in total. The fourth-order valence-corrected chi connectivity index (χ4v) is 3.04. The summed E-state index contributed by atoms with van der Waals surface area (Å²) in [7, 11) is 0. The van der Waals surface area contributed by atoms with Crippen LogP contribution in [0.4, 0.5) is 13.2 Å². The normalized spacial score (nSPS) is 20.7. The Labute approximate surface area is 143 Å². The van der Waals surface area contributed by atoms with Crippen LogP contribution in [0.5, 0.6) is 0 Å². The number of alkyl halides is 3. The number of hydrogen-bond acceptors (Lipinski definition) is 2. The first-order chi connectivity index (χ1) is 11.5. The summed E-state index contributed by atoms with van der Waals surface area (Å²) >= 11 is 0. The molecule has 1 fully saturated rings. The molecule has 24 heavy (non-hydrogen) atoms. The number of hydrogen-bond donors (Lipinski definition) is 1. The van der Waals surface area contributed by atoms with E-state index in [1.54, 1.807) is 12.1 Å². The monoisotopic (exact) mass is 340 g/mol. The van der Waals surface area contributed by atoms with E-state index in [4.69, 9.17) is 5.26 Å². The van der Waals surface area contributed by atoms with E-state index in [1.807, 2.05) is 19.9 Å². The summed E-state index contributed by atoms with van der Waals surface area (Å²) in [5.74, 6) is 0.512. The molecule has 1 aliphatic rings. The average Bonchev–Trinajstić information content (AvgIpc) is 2.55. The van der Waals surface area contributed by atoms with Gasteiger partial charge in [-0.3, -0.25) is 0 Å². The Balaban J connectivity index is 0.00000139. The molecule has 0 bridgehead atoms. The molecule has 0 radical (unpaired) electrons. The molecular weight excluding hydrogens is 313 g/mol. The Morgan fingerprint density at radius 1 is 1.12 bits per heavy atom. The van der Waals surface area contributed by atoms with Crippen LogP contribution in [0.3, 0.4) is 0 Å². The number of benzene rings is 1. The summed E-state index contributed by atoms with van der Waals surface area (Å²) in [4.78, 5) is 0. The zero-order valence-electron chi connectivity index (χ0n) is 14.5. The van der Waals surface area contributed by atoms with Gasteiger partial charge in [0.05, 0.1) is 12.5 Å². The van der Waals surface area contributed by atoms with Crippen LogP contribution in [-0.4, -0.2) is 12.2 Å². The largest absolute Gasteiger partial charge is 0.393 e. The van der Waals surface area contributed by atoms with E-state index in [1.165, 1.54) is 6.07 Å². The lowest BCUT2D eigenvalue weighted by Crippen LogP contribution is -2.32. The van der Waals surface area contributed by atoms with E-state index < -0.39 is 12.6 Å². The lowest BCUT2D eigenvalue weighted by Gasteiger charge is -2.28. The van der Waals surface area contributed by atoms with Crippen LogP contribution in [0.1, 0.15) is 57.1 Å². The molecule has 0 aromatic heterocycles. The first-order valence-electron chi connectivity index (χ1n) is 8.71. The van der Waals surface area contributed by atoms with Gasteiger partial charge in [0, 0.05) is 19.0 Å². The molecule has 1 N–H and O–H groups in total. The number of rotatable bonds is 5. The van der Waals surface area contributed by atoms with Gasteiger partial charge in [-0.2, -0.15) is 18.4 Å². The molecule has 0 unspecified atom stereocenters. The second-order valence-electron chi connectivity index (χ2n) is 6.07. The van der Waals surface area contributed by atoms with Crippen molar-refractivity contribution in [3.8, 4) is 6.07 Å². The van der Waals surface area contributed by atoms with E-state index in [-0.39, 0.29) is 0 Å². The number of nitrogens with one attached hydrogen (secondary N) is 1. The molecule has 1 aromatic carbocycles. The average molecular weight is 340 g/mol. The lowest BCUT2D eigenvalue weighted by atomic mass is 9.84. The Kier molecular flexibility index (Phi) is 8.84. The van der Waals surface area contributed by atoms with Gasteiger partial charge in [0.15, 0.2) is 0 Å². The fraction of sp³-hybridized carbons (Fsp3) is 0.632. The molecular formula is C19H27F3N2. The maximum atomic E-state index is 12.4. The number of nitrogens with zero attached hydrogens (tertiary/aromatic N) is 1. The molecule has 5 heteroatoms. The molecule has 0 spiro atoms. The van der Waals surface area contributed by atoms with Crippen LogP contribution >= 0.6 is 0 Å². The molecule has 1 aromatic rings. The van der Waals surface area contributed by atoms with Crippen molar-refractivity contribution in [1.82, 2.24) is 5.32 Å². The zero-order chi connectivity index (χ0) is 18.0. The van der Waals surface area contributed by atoms with Crippen molar-refractivity contribution in [2.45, 2.75) is 71.1 Å². The van der Waals surface area contributed by atoms with Gasteiger partial charge in [0.25, 0.3) is 0 Å². The minimum Gasteiger partial charge on any atom is -0.310 e. The molecule has 134 valence electrons. The van der Waals surface area contributed by atoms with Gasteiger partial charge in [-0.05, 0) is 42.7 Å².